The van der Waals surface area contributed by atoms with Crippen LogP contribution in [0.5, 0.6) is 0 Å². The highest BCUT2D eigenvalue weighted by Crippen LogP contribution is 2.23. The first-order chi connectivity index (χ1) is 8.70. The normalized spacial score (nSPS) is 9.83. The minimum absolute atomic E-state index is 0.556. The number of aryl methyl sites for hydroxylation is 1. The Morgan fingerprint density at radius 1 is 1.39 bits per heavy atom. The largest absolute Gasteiger partial charge is 0.380 e. The number of hydrogen-bond acceptors (Lipinski definition) is 3. The van der Waals surface area contributed by atoms with Crippen molar-refractivity contribution in [2.75, 3.05) is 5.32 Å². The number of aromatic nitrogens is 1. The fourth-order valence-corrected chi connectivity index (χ4v) is 1.87. The Morgan fingerprint density at radius 3 is 2.89 bits per heavy atom. The molecule has 0 aliphatic carbocycles. The van der Waals surface area contributed by atoms with Gasteiger partial charge in [-0.15, -0.1) is 0 Å². The lowest BCUT2D eigenvalue weighted by Crippen LogP contribution is -2.02. The van der Waals surface area contributed by atoms with E-state index < -0.39 is 0 Å². The summed E-state index contributed by atoms with van der Waals surface area (Å²) in [7, 11) is 0. The van der Waals surface area contributed by atoms with E-state index in [1.165, 1.54) is 5.56 Å². The number of nitrogens with zero attached hydrogens (tertiary/aromatic N) is 2. The van der Waals surface area contributed by atoms with Gasteiger partial charge < -0.3 is 5.32 Å². The molecule has 0 saturated carbocycles. The molecule has 0 fully saturated rings. The maximum Gasteiger partial charge on any atom is 0.0992 e. The summed E-state index contributed by atoms with van der Waals surface area (Å²) in [5.74, 6) is 0. The second-order valence-corrected chi connectivity index (χ2v) is 4.37. The highest BCUT2D eigenvalue weighted by Gasteiger charge is 2.02. The predicted octanol–water partition coefficient (Wildman–Crippen LogP) is 3.53. The molecule has 1 N–H and O–H groups in total. The van der Waals surface area contributed by atoms with Crippen molar-refractivity contribution in [2.24, 2.45) is 0 Å². The van der Waals surface area contributed by atoms with Gasteiger partial charge in [0, 0.05) is 18.9 Å². The van der Waals surface area contributed by atoms with Crippen molar-refractivity contribution in [3.8, 4) is 6.07 Å². The third-order valence-electron chi connectivity index (χ3n) is 2.70. The van der Waals surface area contributed by atoms with Crippen LogP contribution in [-0.4, -0.2) is 4.98 Å². The fraction of sp³-hybridized carbons (Fsp3) is 0.143. The highest BCUT2D eigenvalue weighted by molar-refractivity contribution is 6.33. The SMILES string of the molecule is Cc1cnccc1CNc1ccc(C#N)cc1Cl. The summed E-state index contributed by atoms with van der Waals surface area (Å²) >= 11 is 6.09. The molecule has 0 amide bonds. The van der Waals surface area contributed by atoms with Gasteiger partial charge in [0.25, 0.3) is 0 Å². The monoisotopic (exact) mass is 257 g/mol. The maximum absolute atomic E-state index is 8.76. The summed E-state index contributed by atoms with van der Waals surface area (Å²) < 4.78 is 0. The van der Waals surface area contributed by atoms with Gasteiger partial charge in [0.05, 0.1) is 22.3 Å². The zero-order valence-corrected chi connectivity index (χ0v) is 10.7. The lowest BCUT2D eigenvalue weighted by molar-refractivity contribution is 1.09. The lowest BCUT2D eigenvalue weighted by Gasteiger charge is -2.10. The standard InChI is InChI=1S/C14H12ClN3/c1-10-8-17-5-4-12(10)9-18-14-3-2-11(7-16)6-13(14)15/h2-6,8,18H,9H2,1H3. The second kappa shape index (κ2) is 5.52. The van der Waals surface area contributed by atoms with Gasteiger partial charge in [-0.05, 0) is 42.3 Å². The minimum Gasteiger partial charge on any atom is -0.380 e. The van der Waals surface area contributed by atoms with Crippen LogP contribution in [0.2, 0.25) is 5.02 Å². The molecule has 0 radical (unpaired) electrons. The molecule has 1 aromatic carbocycles. The number of rotatable bonds is 3. The van der Waals surface area contributed by atoms with E-state index in [1.807, 2.05) is 25.3 Å². The Morgan fingerprint density at radius 2 is 2.22 bits per heavy atom. The Labute approximate surface area is 111 Å². The lowest BCUT2D eigenvalue weighted by atomic mass is 10.1. The van der Waals surface area contributed by atoms with E-state index in [1.54, 1.807) is 18.3 Å². The van der Waals surface area contributed by atoms with Gasteiger partial charge in [-0.3, -0.25) is 4.98 Å². The second-order valence-electron chi connectivity index (χ2n) is 3.96. The topological polar surface area (TPSA) is 48.7 Å². The maximum atomic E-state index is 8.76. The quantitative estimate of drug-likeness (QED) is 0.915. The van der Waals surface area contributed by atoms with Crippen molar-refractivity contribution >= 4 is 17.3 Å². The number of nitriles is 1. The van der Waals surface area contributed by atoms with Crippen LogP contribution in [0.4, 0.5) is 5.69 Å². The van der Waals surface area contributed by atoms with Gasteiger partial charge in [0.15, 0.2) is 0 Å². The third-order valence-corrected chi connectivity index (χ3v) is 3.02. The molecule has 2 rings (SSSR count). The van der Waals surface area contributed by atoms with Gasteiger partial charge in [0.2, 0.25) is 0 Å². The van der Waals surface area contributed by atoms with E-state index >= 15 is 0 Å². The number of anilines is 1. The summed E-state index contributed by atoms with van der Waals surface area (Å²) in [6.45, 7) is 2.70. The Hall–Kier alpha value is -2.05. The van der Waals surface area contributed by atoms with Crippen molar-refractivity contribution in [1.82, 2.24) is 4.98 Å². The van der Waals surface area contributed by atoms with Crippen molar-refractivity contribution in [3.05, 3.63) is 58.4 Å². The third kappa shape index (κ3) is 2.79. The van der Waals surface area contributed by atoms with Crippen LogP contribution in [0, 0.1) is 18.3 Å². The van der Waals surface area contributed by atoms with Crippen molar-refractivity contribution in [2.45, 2.75) is 13.5 Å². The first-order valence-corrected chi connectivity index (χ1v) is 5.91. The average Bonchev–Trinajstić information content (AvgIpc) is 2.39. The Kier molecular flexibility index (Phi) is 3.81. The molecule has 0 bridgehead atoms. The highest BCUT2D eigenvalue weighted by atomic mass is 35.5. The first-order valence-electron chi connectivity index (χ1n) is 5.53. The van der Waals surface area contributed by atoms with Crippen molar-refractivity contribution in [1.29, 1.82) is 5.26 Å². The van der Waals surface area contributed by atoms with E-state index in [4.69, 9.17) is 16.9 Å². The van der Waals surface area contributed by atoms with Gasteiger partial charge in [0.1, 0.15) is 0 Å². The molecular formula is C14H12ClN3. The smallest absolute Gasteiger partial charge is 0.0992 e. The number of nitrogens with one attached hydrogen (secondary N) is 1. The molecular weight excluding hydrogens is 246 g/mol. The summed E-state index contributed by atoms with van der Waals surface area (Å²) in [5.41, 5.74) is 3.69. The minimum atomic E-state index is 0.556. The summed E-state index contributed by atoms with van der Waals surface area (Å²) in [6, 6.07) is 9.25. The molecule has 90 valence electrons. The van der Waals surface area contributed by atoms with E-state index in [2.05, 4.69) is 16.4 Å². The van der Waals surface area contributed by atoms with Crippen LogP contribution in [0.1, 0.15) is 16.7 Å². The first kappa shape index (κ1) is 12.4. The van der Waals surface area contributed by atoms with Crippen LogP contribution in [0.25, 0.3) is 0 Å². The van der Waals surface area contributed by atoms with Crippen LogP contribution >= 0.6 is 11.6 Å². The molecule has 3 nitrogen and oxygen atoms in total. The molecule has 0 unspecified atom stereocenters. The van der Waals surface area contributed by atoms with Gasteiger partial charge >= 0.3 is 0 Å². The molecule has 0 aliphatic heterocycles. The molecule has 0 aliphatic rings. The van der Waals surface area contributed by atoms with Crippen LogP contribution in [0.3, 0.4) is 0 Å². The zero-order chi connectivity index (χ0) is 13.0. The van der Waals surface area contributed by atoms with Crippen LogP contribution < -0.4 is 5.32 Å². The number of halogens is 1. The number of benzene rings is 1. The predicted molar refractivity (Wildman–Crippen MR) is 72.5 cm³/mol. The van der Waals surface area contributed by atoms with Gasteiger partial charge in [-0.2, -0.15) is 5.26 Å². The summed E-state index contributed by atoms with van der Waals surface area (Å²) in [4.78, 5) is 4.05. The molecule has 4 heteroatoms. The Balaban J connectivity index is 2.12. The summed E-state index contributed by atoms with van der Waals surface area (Å²) in [5, 5.41) is 12.6. The van der Waals surface area contributed by atoms with E-state index in [9.17, 15) is 0 Å². The molecule has 0 spiro atoms. The average molecular weight is 258 g/mol. The van der Waals surface area contributed by atoms with Crippen LogP contribution in [0.15, 0.2) is 36.7 Å². The van der Waals surface area contributed by atoms with Crippen LogP contribution in [-0.2, 0) is 6.54 Å². The van der Waals surface area contributed by atoms with E-state index in [-0.39, 0.29) is 0 Å². The molecule has 1 aromatic heterocycles. The Bertz CT molecular complexity index is 602. The van der Waals surface area contributed by atoms with E-state index in [0.29, 0.717) is 17.1 Å². The molecule has 2 aromatic rings. The van der Waals surface area contributed by atoms with E-state index in [0.717, 1.165) is 11.3 Å². The molecule has 18 heavy (non-hydrogen) atoms. The molecule has 0 saturated heterocycles. The number of pyridine rings is 1. The fourth-order valence-electron chi connectivity index (χ4n) is 1.62. The number of hydrogen-bond donors (Lipinski definition) is 1. The zero-order valence-electron chi connectivity index (χ0n) is 9.94. The summed E-state index contributed by atoms with van der Waals surface area (Å²) in [6.07, 6.45) is 3.60. The van der Waals surface area contributed by atoms with Gasteiger partial charge in [-0.25, -0.2) is 0 Å². The molecule has 1 heterocycles. The van der Waals surface area contributed by atoms with Gasteiger partial charge in [-0.1, -0.05) is 11.6 Å². The molecule has 0 atom stereocenters. The van der Waals surface area contributed by atoms with Crippen molar-refractivity contribution < 1.29 is 0 Å². The van der Waals surface area contributed by atoms with Crippen molar-refractivity contribution in [3.63, 3.8) is 0 Å².